The maximum absolute atomic E-state index is 8.77. The summed E-state index contributed by atoms with van der Waals surface area (Å²) in [4.78, 5) is 8.23. The zero-order chi connectivity index (χ0) is 13.7. The van der Waals surface area contributed by atoms with Crippen LogP contribution in [0.25, 0.3) is 11.4 Å². The molecule has 0 aliphatic carbocycles. The Hall–Kier alpha value is -2.61. The van der Waals surface area contributed by atoms with Crippen molar-refractivity contribution in [3.8, 4) is 23.2 Å². The third-order valence-electron chi connectivity index (χ3n) is 2.52. The van der Waals surface area contributed by atoms with Crippen molar-refractivity contribution in [3.63, 3.8) is 0 Å². The van der Waals surface area contributed by atoms with Crippen molar-refractivity contribution >= 4 is 5.82 Å². The number of benzene rings is 1. The van der Waals surface area contributed by atoms with Gasteiger partial charge in [-0.05, 0) is 30.7 Å². The van der Waals surface area contributed by atoms with Gasteiger partial charge in [0.1, 0.15) is 23.2 Å². The highest BCUT2D eigenvalue weighted by Crippen LogP contribution is 2.20. The number of ether oxygens (including phenoxy) is 1. The average Bonchev–Trinajstić information content (AvgIpc) is 2.45. The number of nitrogen functional groups attached to an aromatic ring is 1. The minimum absolute atomic E-state index is 0.193. The van der Waals surface area contributed by atoms with E-state index < -0.39 is 0 Å². The molecule has 0 unspecified atom stereocenters. The Labute approximate surface area is 111 Å². The first-order valence-electron chi connectivity index (χ1n) is 6.00. The molecule has 0 spiro atoms. The molecule has 0 amide bonds. The van der Waals surface area contributed by atoms with Crippen LogP contribution in [0, 0.1) is 11.3 Å². The fourth-order valence-corrected chi connectivity index (χ4v) is 1.54. The minimum Gasteiger partial charge on any atom is -0.494 e. The summed E-state index contributed by atoms with van der Waals surface area (Å²) in [6, 6.07) is 9.40. The lowest BCUT2D eigenvalue weighted by atomic mass is 10.2. The summed E-state index contributed by atoms with van der Waals surface area (Å²) < 4.78 is 5.50. The SMILES string of the molecule is CCCOc1ccc(-c2ncc(C#N)c(N)n2)cc1. The van der Waals surface area contributed by atoms with Gasteiger partial charge in [0, 0.05) is 5.56 Å². The molecule has 19 heavy (non-hydrogen) atoms. The number of nitrogens with zero attached hydrogens (tertiary/aromatic N) is 3. The second kappa shape index (κ2) is 5.83. The lowest BCUT2D eigenvalue weighted by Gasteiger charge is -2.06. The molecule has 0 saturated heterocycles. The molecule has 5 nitrogen and oxygen atoms in total. The lowest BCUT2D eigenvalue weighted by molar-refractivity contribution is 0.317. The fraction of sp³-hybridized carbons (Fsp3) is 0.214. The van der Waals surface area contributed by atoms with Crippen LogP contribution >= 0.6 is 0 Å². The van der Waals surface area contributed by atoms with Gasteiger partial charge in [-0.1, -0.05) is 6.92 Å². The summed E-state index contributed by atoms with van der Waals surface area (Å²) in [6.45, 7) is 2.75. The van der Waals surface area contributed by atoms with Crippen molar-refractivity contribution < 1.29 is 4.74 Å². The zero-order valence-electron chi connectivity index (χ0n) is 10.6. The molecule has 2 rings (SSSR count). The summed E-state index contributed by atoms with van der Waals surface area (Å²) in [6.07, 6.45) is 2.40. The lowest BCUT2D eigenvalue weighted by Crippen LogP contribution is -1.99. The van der Waals surface area contributed by atoms with E-state index in [9.17, 15) is 0 Å². The summed E-state index contributed by atoms with van der Waals surface area (Å²) in [7, 11) is 0. The van der Waals surface area contributed by atoms with Crippen LogP contribution < -0.4 is 10.5 Å². The fourth-order valence-electron chi connectivity index (χ4n) is 1.54. The molecule has 0 bridgehead atoms. The first kappa shape index (κ1) is 12.8. The summed E-state index contributed by atoms with van der Waals surface area (Å²) in [5.74, 6) is 1.50. The number of rotatable bonds is 4. The van der Waals surface area contributed by atoms with Gasteiger partial charge in [0.05, 0.1) is 12.8 Å². The van der Waals surface area contributed by atoms with Gasteiger partial charge in [0.2, 0.25) is 0 Å². The molecule has 1 aromatic carbocycles. The van der Waals surface area contributed by atoms with Crippen molar-refractivity contribution in [3.05, 3.63) is 36.0 Å². The van der Waals surface area contributed by atoms with E-state index in [0.29, 0.717) is 12.4 Å². The van der Waals surface area contributed by atoms with Crippen LogP contribution in [0.4, 0.5) is 5.82 Å². The molecule has 0 radical (unpaired) electrons. The summed E-state index contributed by atoms with van der Waals surface area (Å²) in [5, 5.41) is 8.77. The quantitative estimate of drug-likeness (QED) is 0.905. The Morgan fingerprint density at radius 3 is 2.63 bits per heavy atom. The number of nitrogens with two attached hydrogens (primary N) is 1. The molecular weight excluding hydrogens is 240 g/mol. The van der Waals surface area contributed by atoms with Crippen LogP contribution in [0.15, 0.2) is 30.5 Å². The van der Waals surface area contributed by atoms with Crippen molar-refractivity contribution in [2.75, 3.05) is 12.3 Å². The Morgan fingerprint density at radius 2 is 2.05 bits per heavy atom. The van der Waals surface area contributed by atoms with Crippen molar-refractivity contribution in [1.82, 2.24) is 9.97 Å². The molecule has 1 heterocycles. The average molecular weight is 254 g/mol. The van der Waals surface area contributed by atoms with Gasteiger partial charge < -0.3 is 10.5 Å². The van der Waals surface area contributed by atoms with Gasteiger partial charge >= 0.3 is 0 Å². The van der Waals surface area contributed by atoms with Crippen LogP contribution in [0.1, 0.15) is 18.9 Å². The molecule has 96 valence electrons. The van der Waals surface area contributed by atoms with Gasteiger partial charge in [-0.25, -0.2) is 9.97 Å². The van der Waals surface area contributed by atoms with E-state index in [0.717, 1.165) is 17.7 Å². The van der Waals surface area contributed by atoms with Gasteiger partial charge in [-0.15, -0.1) is 0 Å². The highest BCUT2D eigenvalue weighted by molar-refractivity contribution is 5.60. The standard InChI is InChI=1S/C14H14N4O/c1-2-7-19-12-5-3-10(4-6-12)14-17-9-11(8-15)13(16)18-14/h3-6,9H,2,7H2,1H3,(H2,16,17,18). The largest absolute Gasteiger partial charge is 0.494 e. The molecule has 2 aromatic rings. The number of aromatic nitrogens is 2. The first-order valence-corrected chi connectivity index (χ1v) is 6.00. The Balaban J connectivity index is 2.22. The number of nitriles is 1. The summed E-state index contributed by atoms with van der Waals surface area (Å²) in [5.41, 5.74) is 6.78. The molecule has 0 aliphatic heterocycles. The third kappa shape index (κ3) is 2.99. The second-order valence-corrected chi connectivity index (χ2v) is 3.98. The Kier molecular flexibility index (Phi) is 3.94. The van der Waals surface area contributed by atoms with Crippen LogP contribution in [-0.4, -0.2) is 16.6 Å². The predicted molar refractivity (Wildman–Crippen MR) is 72.4 cm³/mol. The van der Waals surface area contributed by atoms with Crippen LogP contribution in [0.2, 0.25) is 0 Å². The van der Waals surface area contributed by atoms with Gasteiger partial charge in [0.25, 0.3) is 0 Å². The molecule has 2 N–H and O–H groups in total. The molecule has 0 atom stereocenters. The smallest absolute Gasteiger partial charge is 0.161 e. The molecule has 0 saturated carbocycles. The van der Waals surface area contributed by atoms with E-state index in [-0.39, 0.29) is 11.4 Å². The molecule has 0 aliphatic rings. The number of hydrogen-bond acceptors (Lipinski definition) is 5. The van der Waals surface area contributed by atoms with E-state index in [2.05, 4.69) is 16.9 Å². The van der Waals surface area contributed by atoms with E-state index in [4.69, 9.17) is 15.7 Å². The van der Waals surface area contributed by atoms with Crippen molar-refractivity contribution in [2.24, 2.45) is 0 Å². The van der Waals surface area contributed by atoms with Gasteiger partial charge in [0.15, 0.2) is 5.82 Å². The van der Waals surface area contributed by atoms with Crippen molar-refractivity contribution in [2.45, 2.75) is 13.3 Å². The Morgan fingerprint density at radius 1 is 1.32 bits per heavy atom. The highest BCUT2D eigenvalue weighted by atomic mass is 16.5. The van der Waals surface area contributed by atoms with Crippen LogP contribution in [-0.2, 0) is 0 Å². The number of hydrogen-bond donors (Lipinski definition) is 1. The monoisotopic (exact) mass is 254 g/mol. The normalized spacial score (nSPS) is 9.89. The maximum atomic E-state index is 8.77. The summed E-state index contributed by atoms with van der Waals surface area (Å²) >= 11 is 0. The molecular formula is C14H14N4O. The first-order chi connectivity index (χ1) is 9.24. The van der Waals surface area contributed by atoms with Gasteiger partial charge in [-0.3, -0.25) is 0 Å². The van der Waals surface area contributed by atoms with Gasteiger partial charge in [-0.2, -0.15) is 5.26 Å². The van der Waals surface area contributed by atoms with E-state index >= 15 is 0 Å². The predicted octanol–water partition coefficient (Wildman–Crippen LogP) is 2.39. The van der Waals surface area contributed by atoms with E-state index in [1.54, 1.807) is 0 Å². The van der Waals surface area contributed by atoms with Crippen LogP contribution in [0.5, 0.6) is 5.75 Å². The molecule has 1 aromatic heterocycles. The molecule has 5 heteroatoms. The third-order valence-corrected chi connectivity index (χ3v) is 2.52. The maximum Gasteiger partial charge on any atom is 0.161 e. The second-order valence-electron chi connectivity index (χ2n) is 3.98. The van der Waals surface area contributed by atoms with Crippen LogP contribution in [0.3, 0.4) is 0 Å². The van der Waals surface area contributed by atoms with E-state index in [1.807, 2.05) is 30.3 Å². The molecule has 0 fully saturated rings. The minimum atomic E-state index is 0.193. The van der Waals surface area contributed by atoms with Crippen molar-refractivity contribution in [1.29, 1.82) is 5.26 Å². The Bertz CT molecular complexity index is 602. The topological polar surface area (TPSA) is 84.8 Å². The zero-order valence-corrected chi connectivity index (χ0v) is 10.6. The number of anilines is 1. The van der Waals surface area contributed by atoms with E-state index in [1.165, 1.54) is 6.20 Å². The highest BCUT2D eigenvalue weighted by Gasteiger charge is 2.06.